The maximum absolute atomic E-state index is 9.68. The van der Waals surface area contributed by atoms with Gasteiger partial charge in [0.25, 0.3) is 0 Å². The summed E-state index contributed by atoms with van der Waals surface area (Å²) in [5, 5.41) is 21.4. The molecule has 0 aromatic heterocycles. The van der Waals surface area contributed by atoms with Gasteiger partial charge in [-0.1, -0.05) is 31.2 Å². The van der Waals surface area contributed by atoms with E-state index in [1.165, 1.54) is 22.1 Å². The van der Waals surface area contributed by atoms with Gasteiger partial charge in [-0.2, -0.15) is 0 Å². The molecule has 2 aromatic rings. The Morgan fingerprint density at radius 2 is 2.09 bits per heavy atom. The molecule has 4 rings (SSSR count). The normalized spacial score (nSPS) is 26.6. The number of phenols is 1. The minimum absolute atomic E-state index is 0.209. The van der Waals surface area contributed by atoms with Crippen molar-refractivity contribution in [3.63, 3.8) is 0 Å². The van der Waals surface area contributed by atoms with Gasteiger partial charge in [0.2, 0.25) is 0 Å². The first-order chi connectivity index (χ1) is 10.6. The van der Waals surface area contributed by atoms with Crippen LogP contribution in [-0.2, 0) is 6.42 Å². The lowest BCUT2D eigenvalue weighted by molar-refractivity contribution is 0.190. The summed E-state index contributed by atoms with van der Waals surface area (Å²) < 4.78 is 0. The SMILES string of the molecule is C[C@]12CCc3c(ccc4cc(O)ccc34)C1=CC[C@@H]2CCO. The highest BCUT2D eigenvalue weighted by Gasteiger charge is 2.44. The van der Waals surface area contributed by atoms with Crippen LogP contribution in [-0.4, -0.2) is 16.8 Å². The van der Waals surface area contributed by atoms with Crippen molar-refractivity contribution < 1.29 is 10.2 Å². The summed E-state index contributed by atoms with van der Waals surface area (Å²) in [7, 11) is 0. The zero-order chi connectivity index (χ0) is 15.3. The predicted molar refractivity (Wildman–Crippen MR) is 89.8 cm³/mol. The first-order valence-corrected chi connectivity index (χ1v) is 8.20. The van der Waals surface area contributed by atoms with Gasteiger partial charge in [-0.15, -0.1) is 0 Å². The third kappa shape index (κ3) is 1.83. The molecule has 0 unspecified atom stereocenters. The first kappa shape index (κ1) is 13.8. The number of phenolic OH excluding ortho intramolecular Hbond substituents is 1. The van der Waals surface area contributed by atoms with E-state index in [1.807, 2.05) is 12.1 Å². The Labute approximate surface area is 131 Å². The molecule has 0 saturated carbocycles. The number of aromatic hydroxyl groups is 1. The number of benzene rings is 2. The van der Waals surface area contributed by atoms with Gasteiger partial charge in [0.05, 0.1) is 0 Å². The number of rotatable bonds is 2. The number of hydrogen-bond acceptors (Lipinski definition) is 2. The summed E-state index contributed by atoms with van der Waals surface area (Å²) in [6.45, 7) is 2.65. The molecule has 2 heteroatoms. The molecule has 2 aliphatic carbocycles. The summed E-state index contributed by atoms with van der Waals surface area (Å²) in [5.41, 5.74) is 4.49. The Balaban J connectivity index is 1.85. The molecular weight excluding hydrogens is 272 g/mol. The quantitative estimate of drug-likeness (QED) is 0.867. The Morgan fingerprint density at radius 1 is 1.23 bits per heavy atom. The maximum atomic E-state index is 9.68. The minimum atomic E-state index is 0.209. The van der Waals surface area contributed by atoms with E-state index in [9.17, 15) is 10.2 Å². The molecule has 22 heavy (non-hydrogen) atoms. The van der Waals surface area contributed by atoms with Crippen LogP contribution in [0.2, 0.25) is 0 Å². The second kappa shape index (κ2) is 4.85. The standard InChI is InChI=1S/C20H22O2/c1-20-10-8-17-16-6-4-15(22)12-13(16)2-5-18(17)19(20)7-3-14(20)9-11-21/h2,4-7,12,14,21-22H,3,8-11H2,1H3/t14-,20-/m1/s1. The van der Waals surface area contributed by atoms with Gasteiger partial charge in [-0.05, 0) is 76.6 Å². The van der Waals surface area contributed by atoms with E-state index in [1.54, 1.807) is 6.07 Å². The van der Waals surface area contributed by atoms with Gasteiger partial charge in [0.1, 0.15) is 5.75 Å². The van der Waals surface area contributed by atoms with Crippen LogP contribution in [0.15, 0.2) is 36.4 Å². The molecule has 0 aliphatic heterocycles. The fraction of sp³-hybridized carbons (Fsp3) is 0.400. The highest BCUT2D eigenvalue weighted by Crippen LogP contribution is 2.56. The lowest BCUT2D eigenvalue weighted by Gasteiger charge is -2.40. The number of allylic oxidation sites excluding steroid dienone is 2. The Hall–Kier alpha value is -1.80. The molecule has 0 fully saturated rings. The molecule has 114 valence electrons. The molecular formula is C20H22O2. The molecule has 2 atom stereocenters. The smallest absolute Gasteiger partial charge is 0.116 e. The van der Waals surface area contributed by atoms with Gasteiger partial charge in [-0.25, -0.2) is 0 Å². The summed E-state index contributed by atoms with van der Waals surface area (Å²) in [5.74, 6) is 0.896. The molecule has 2 nitrogen and oxygen atoms in total. The van der Waals surface area contributed by atoms with Crippen LogP contribution in [0.1, 0.15) is 37.3 Å². The van der Waals surface area contributed by atoms with Crippen LogP contribution in [0, 0.1) is 11.3 Å². The zero-order valence-corrected chi connectivity index (χ0v) is 13.0. The Kier molecular flexibility index (Phi) is 3.05. The van der Waals surface area contributed by atoms with Crippen LogP contribution in [0.4, 0.5) is 0 Å². The summed E-state index contributed by atoms with van der Waals surface area (Å²) in [6.07, 6.45) is 6.60. The maximum Gasteiger partial charge on any atom is 0.116 e. The second-order valence-electron chi connectivity index (χ2n) is 6.98. The third-order valence-corrected chi connectivity index (χ3v) is 5.90. The zero-order valence-electron chi connectivity index (χ0n) is 13.0. The topological polar surface area (TPSA) is 40.5 Å². The lowest BCUT2D eigenvalue weighted by atomic mass is 9.64. The van der Waals surface area contributed by atoms with Gasteiger partial charge in [-0.3, -0.25) is 0 Å². The largest absolute Gasteiger partial charge is 0.508 e. The van der Waals surface area contributed by atoms with E-state index in [0.717, 1.165) is 31.1 Å². The van der Waals surface area contributed by atoms with Crippen molar-refractivity contribution in [2.24, 2.45) is 11.3 Å². The van der Waals surface area contributed by atoms with Crippen molar-refractivity contribution in [3.8, 4) is 5.75 Å². The van der Waals surface area contributed by atoms with Gasteiger partial charge in [0, 0.05) is 6.61 Å². The van der Waals surface area contributed by atoms with Crippen LogP contribution >= 0.6 is 0 Å². The first-order valence-electron chi connectivity index (χ1n) is 8.20. The summed E-state index contributed by atoms with van der Waals surface area (Å²) in [4.78, 5) is 0. The van der Waals surface area contributed by atoms with Crippen molar-refractivity contribution in [2.75, 3.05) is 6.61 Å². The fourth-order valence-electron chi connectivity index (χ4n) is 4.61. The van der Waals surface area contributed by atoms with Gasteiger partial charge >= 0.3 is 0 Å². The summed E-state index contributed by atoms with van der Waals surface area (Å²) in [6, 6.07) is 10.0. The van der Waals surface area contributed by atoms with Crippen molar-refractivity contribution in [2.45, 2.75) is 32.6 Å². The van der Waals surface area contributed by atoms with E-state index in [0.29, 0.717) is 11.7 Å². The number of hydrogen-bond donors (Lipinski definition) is 2. The minimum Gasteiger partial charge on any atom is -0.508 e. The number of aryl methyl sites for hydroxylation is 1. The van der Waals surface area contributed by atoms with E-state index >= 15 is 0 Å². The van der Waals surface area contributed by atoms with Crippen molar-refractivity contribution in [1.29, 1.82) is 0 Å². The molecule has 2 aromatic carbocycles. The average molecular weight is 294 g/mol. The van der Waals surface area contributed by atoms with Crippen molar-refractivity contribution in [1.82, 2.24) is 0 Å². The molecule has 0 bridgehead atoms. The monoisotopic (exact) mass is 294 g/mol. The number of fused-ring (bicyclic) bond motifs is 5. The highest BCUT2D eigenvalue weighted by atomic mass is 16.3. The highest BCUT2D eigenvalue weighted by molar-refractivity contribution is 5.93. The predicted octanol–water partition coefficient (Wildman–Crippen LogP) is 4.28. The van der Waals surface area contributed by atoms with Crippen LogP contribution in [0.25, 0.3) is 16.3 Å². The average Bonchev–Trinajstić information content (AvgIpc) is 2.84. The molecule has 0 heterocycles. The van der Waals surface area contributed by atoms with E-state index in [4.69, 9.17) is 0 Å². The van der Waals surface area contributed by atoms with Crippen LogP contribution in [0.5, 0.6) is 5.75 Å². The second-order valence-corrected chi connectivity index (χ2v) is 6.98. The molecule has 0 spiro atoms. The third-order valence-electron chi connectivity index (χ3n) is 5.90. The van der Waals surface area contributed by atoms with E-state index in [2.05, 4.69) is 25.1 Å². The van der Waals surface area contributed by atoms with Crippen LogP contribution in [0.3, 0.4) is 0 Å². The number of aliphatic hydroxyl groups is 1. The van der Waals surface area contributed by atoms with Crippen LogP contribution < -0.4 is 0 Å². The van der Waals surface area contributed by atoms with Gasteiger partial charge < -0.3 is 10.2 Å². The number of aliphatic hydroxyl groups excluding tert-OH is 1. The van der Waals surface area contributed by atoms with Crippen molar-refractivity contribution >= 4 is 16.3 Å². The molecule has 0 amide bonds. The van der Waals surface area contributed by atoms with E-state index in [-0.39, 0.29) is 12.0 Å². The molecule has 0 saturated heterocycles. The molecule has 2 N–H and O–H groups in total. The summed E-state index contributed by atoms with van der Waals surface area (Å²) >= 11 is 0. The molecule has 2 aliphatic rings. The molecule has 0 radical (unpaired) electrons. The van der Waals surface area contributed by atoms with E-state index < -0.39 is 0 Å². The van der Waals surface area contributed by atoms with Gasteiger partial charge in [0.15, 0.2) is 0 Å². The fourth-order valence-corrected chi connectivity index (χ4v) is 4.61. The van der Waals surface area contributed by atoms with Crippen molar-refractivity contribution in [3.05, 3.63) is 47.5 Å². The Morgan fingerprint density at radius 3 is 2.91 bits per heavy atom. The lowest BCUT2D eigenvalue weighted by Crippen LogP contribution is -2.29. The Bertz CT molecular complexity index is 775.